The van der Waals surface area contributed by atoms with Crippen LogP contribution in [0.1, 0.15) is 39.5 Å². The molecule has 0 aromatic carbocycles. The van der Waals surface area contributed by atoms with Gasteiger partial charge in [-0.25, -0.2) is 0 Å². The van der Waals surface area contributed by atoms with Crippen LogP contribution in [-0.2, 0) is 9.53 Å². The molecule has 4 nitrogen and oxygen atoms in total. The third kappa shape index (κ3) is 3.53. The van der Waals surface area contributed by atoms with Gasteiger partial charge in [-0.15, -0.1) is 0 Å². The smallest absolute Gasteiger partial charge is 0.231 e. The molecule has 0 bridgehead atoms. The van der Waals surface area contributed by atoms with Crippen LogP contribution in [0.2, 0.25) is 0 Å². The van der Waals surface area contributed by atoms with E-state index in [9.17, 15) is 4.79 Å². The molecule has 2 heterocycles. The Balaban J connectivity index is 1.98. The number of amides is 1. The van der Waals surface area contributed by atoms with Crippen LogP contribution in [0.3, 0.4) is 0 Å². The summed E-state index contributed by atoms with van der Waals surface area (Å²) in [6.45, 7) is 8.86. The number of carbonyl (C=O) groups is 1. The maximum absolute atomic E-state index is 13.0. The van der Waals surface area contributed by atoms with Crippen molar-refractivity contribution in [2.45, 2.75) is 39.5 Å². The van der Waals surface area contributed by atoms with E-state index >= 15 is 0 Å². The molecule has 0 radical (unpaired) electrons. The van der Waals surface area contributed by atoms with Crippen LogP contribution in [0, 0.1) is 17.3 Å². The van der Waals surface area contributed by atoms with E-state index in [4.69, 9.17) is 4.74 Å². The van der Waals surface area contributed by atoms with Crippen molar-refractivity contribution in [1.29, 1.82) is 0 Å². The summed E-state index contributed by atoms with van der Waals surface area (Å²) in [6, 6.07) is 0. The van der Waals surface area contributed by atoms with Crippen LogP contribution in [0.25, 0.3) is 0 Å². The van der Waals surface area contributed by atoms with E-state index < -0.39 is 0 Å². The molecule has 2 saturated heterocycles. The Kier molecular flexibility index (Phi) is 5.44. The highest BCUT2D eigenvalue weighted by Crippen LogP contribution is 2.34. The van der Waals surface area contributed by atoms with Crippen molar-refractivity contribution in [2.75, 3.05) is 39.9 Å². The number of ether oxygens (including phenoxy) is 1. The summed E-state index contributed by atoms with van der Waals surface area (Å²) in [5, 5.41) is 3.35. The maximum atomic E-state index is 13.0. The van der Waals surface area contributed by atoms with Gasteiger partial charge in [0.25, 0.3) is 0 Å². The Morgan fingerprint density at radius 1 is 1.40 bits per heavy atom. The van der Waals surface area contributed by atoms with E-state index in [0.29, 0.717) is 18.4 Å². The molecule has 116 valence electrons. The van der Waals surface area contributed by atoms with E-state index in [-0.39, 0.29) is 5.41 Å². The Labute approximate surface area is 123 Å². The normalized spacial score (nSPS) is 26.2. The summed E-state index contributed by atoms with van der Waals surface area (Å²) in [5.74, 6) is 1.76. The van der Waals surface area contributed by atoms with Crippen LogP contribution < -0.4 is 5.32 Å². The fraction of sp³-hybridized carbons (Fsp3) is 0.938. The first-order chi connectivity index (χ1) is 9.57. The second-order valence-electron chi connectivity index (χ2n) is 7.00. The number of hydrogen-bond donors (Lipinski definition) is 1. The maximum Gasteiger partial charge on any atom is 0.231 e. The monoisotopic (exact) mass is 282 g/mol. The van der Waals surface area contributed by atoms with Gasteiger partial charge in [-0.3, -0.25) is 4.79 Å². The van der Waals surface area contributed by atoms with Gasteiger partial charge in [-0.1, -0.05) is 13.8 Å². The Morgan fingerprint density at radius 3 is 2.70 bits per heavy atom. The molecule has 0 spiro atoms. The lowest BCUT2D eigenvalue weighted by Crippen LogP contribution is -2.51. The van der Waals surface area contributed by atoms with Crippen molar-refractivity contribution in [3.63, 3.8) is 0 Å². The predicted molar refractivity (Wildman–Crippen MR) is 80.6 cm³/mol. The molecular weight excluding hydrogens is 252 g/mol. The van der Waals surface area contributed by atoms with Crippen molar-refractivity contribution in [2.24, 2.45) is 17.3 Å². The fourth-order valence-corrected chi connectivity index (χ4v) is 3.81. The summed E-state index contributed by atoms with van der Waals surface area (Å²) < 4.78 is 5.38. The molecule has 2 aliphatic rings. The van der Waals surface area contributed by atoms with E-state index in [1.54, 1.807) is 7.11 Å². The average Bonchev–Trinajstić information content (AvgIpc) is 2.87. The van der Waals surface area contributed by atoms with Crippen molar-refractivity contribution in [3.05, 3.63) is 0 Å². The molecule has 2 fully saturated rings. The largest absolute Gasteiger partial charge is 0.384 e. The number of methoxy groups -OCH3 is 1. The number of nitrogens with zero attached hydrogens (tertiary/aromatic N) is 1. The third-order valence-electron chi connectivity index (χ3n) is 4.81. The van der Waals surface area contributed by atoms with Gasteiger partial charge in [0.1, 0.15) is 0 Å². The summed E-state index contributed by atoms with van der Waals surface area (Å²) in [6.07, 6.45) is 4.23. The molecule has 0 aromatic rings. The zero-order chi connectivity index (χ0) is 14.6. The van der Waals surface area contributed by atoms with Gasteiger partial charge in [0.2, 0.25) is 5.91 Å². The number of piperidine rings is 1. The third-order valence-corrected chi connectivity index (χ3v) is 4.81. The Hall–Kier alpha value is -0.610. The van der Waals surface area contributed by atoms with E-state index in [1.807, 2.05) is 0 Å². The number of likely N-dealkylation sites (tertiary alicyclic amines) is 1. The number of carbonyl (C=O) groups excluding carboxylic acids is 1. The van der Waals surface area contributed by atoms with Crippen LogP contribution in [0.15, 0.2) is 0 Å². The minimum absolute atomic E-state index is 0.271. The quantitative estimate of drug-likeness (QED) is 0.837. The molecule has 0 aromatic heterocycles. The van der Waals surface area contributed by atoms with Gasteiger partial charge in [0, 0.05) is 20.2 Å². The highest BCUT2D eigenvalue weighted by atomic mass is 16.5. The Morgan fingerprint density at radius 2 is 2.10 bits per heavy atom. The van der Waals surface area contributed by atoms with Gasteiger partial charge in [-0.2, -0.15) is 0 Å². The molecule has 1 atom stereocenters. The molecule has 0 aliphatic carbocycles. The molecular formula is C16H30N2O2. The number of rotatable bonds is 5. The summed E-state index contributed by atoms with van der Waals surface area (Å²) >= 11 is 0. The molecule has 1 N–H and O–H groups in total. The van der Waals surface area contributed by atoms with Gasteiger partial charge in [0.15, 0.2) is 0 Å². The predicted octanol–water partition coefficient (Wildman–Crippen LogP) is 1.90. The first-order valence-electron chi connectivity index (χ1n) is 8.06. The van der Waals surface area contributed by atoms with Crippen LogP contribution in [0.5, 0.6) is 0 Å². The van der Waals surface area contributed by atoms with Crippen LogP contribution in [0.4, 0.5) is 0 Å². The molecule has 1 unspecified atom stereocenters. The van der Waals surface area contributed by atoms with Gasteiger partial charge >= 0.3 is 0 Å². The number of nitrogens with one attached hydrogen (secondary N) is 1. The second-order valence-corrected chi connectivity index (χ2v) is 7.00. The molecule has 4 heteroatoms. The van der Waals surface area contributed by atoms with Crippen molar-refractivity contribution >= 4 is 5.91 Å². The first kappa shape index (κ1) is 15.8. The second kappa shape index (κ2) is 6.90. The van der Waals surface area contributed by atoms with Gasteiger partial charge in [0.05, 0.1) is 12.0 Å². The molecule has 2 rings (SSSR count). The zero-order valence-electron chi connectivity index (χ0n) is 13.3. The van der Waals surface area contributed by atoms with Crippen molar-refractivity contribution in [3.8, 4) is 0 Å². The lowest BCUT2D eigenvalue weighted by molar-refractivity contribution is -0.146. The van der Waals surface area contributed by atoms with Gasteiger partial charge in [-0.05, 0) is 50.6 Å². The van der Waals surface area contributed by atoms with E-state index in [0.717, 1.165) is 44.9 Å². The standard InChI is InChI=1S/C16H30N2O2/c1-13(2)10-14-4-9-18(11-14)15(19)16(12-20-3)5-7-17-8-6-16/h13-14,17H,4-12H2,1-3H3. The summed E-state index contributed by atoms with van der Waals surface area (Å²) in [4.78, 5) is 15.1. The molecule has 20 heavy (non-hydrogen) atoms. The first-order valence-corrected chi connectivity index (χ1v) is 8.06. The Bertz CT molecular complexity index is 319. The van der Waals surface area contributed by atoms with Crippen molar-refractivity contribution in [1.82, 2.24) is 10.2 Å². The highest BCUT2D eigenvalue weighted by Gasteiger charge is 2.43. The van der Waals surface area contributed by atoms with E-state index in [2.05, 4.69) is 24.1 Å². The zero-order valence-corrected chi connectivity index (χ0v) is 13.3. The SMILES string of the molecule is COCC1(C(=O)N2CCC(CC(C)C)C2)CCNCC1. The van der Waals surface area contributed by atoms with Gasteiger partial charge < -0.3 is 15.0 Å². The summed E-state index contributed by atoms with van der Waals surface area (Å²) in [5.41, 5.74) is -0.271. The van der Waals surface area contributed by atoms with Crippen LogP contribution in [-0.4, -0.2) is 50.7 Å². The average molecular weight is 282 g/mol. The highest BCUT2D eigenvalue weighted by molar-refractivity contribution is 5.83. The summed E-state index contributed by atoms with van der Waals surface area (Å²) in [7, 11) is 1.71. The number of hydrogen-bond acceptors (Lipinski definition) is 3. The van der Waals surface area contributed by atoms with Crippen molar-refractivity contribution < 1.29 is 9.53 Å². The topological polar surface area (TPSA) is 41.6 Å². The minimum Gasteiger partial charge on any atom is -0.384 e. The van der Waals surface area contributed by atoms with E-state index in [1.165, 1.54) is 12.8 Å². The lowest BCUT2D eigenvalue weighted by Gasteiger charge is -2.38. The lowest BCUT2D eigenvalue weighted by atomic mass is 9.78. The fourth-order valence-electron chi connectivity index (χ4n) is 3.81. The molecule has 0 saturated carbocycles. The van der Waals surface area contributed by atoms with Crippen LogP contribution >= 0.6 is 0 Å². The molecule has 2 aliphatic heterocycles. The molecule has 1 amide bonds. The minimum atomic E-state index is -0.271.